The highest BCUT2D eigenvalue weighted by Gasteiger charge is 2.07. The van der Waals surface area contributed by atoms with Gasteiger partial charge in [-0.1, -0.05) is 71.3 Å². The van der Waals surface area contributed by atoms with Crippen molar-refractivity contribution in [3.63, 3.8) is 0 Å². The largest absolute Gasteiger partial charge is 0.329 e. The van der Waals surface area contributed by atoms with E-state index >= 15 is 0 Å². The molecule has 25 heavy (non-hydrogen) atoms. The van der Waals surface area contributed by atoms with E-state index in [1.165, 1.54) is 11.1 Å². The summed E-state index contributed by atoms with van der Waals surface area (Å²) in [6.07, 6.45) is 1.73. The minimum Gasteiger partial charge on any atom is -0.296 e. The zero-order valence-corrected chi connectivity index (χ0v) is 15.8. The van der Waals surface area contributed by atoms with Crippen LogP contribution in [-0.4, -0.2) is 9.13 Å². The molecule has 5 heteroatoms. The molecule has 2 aromatic carbocycles. The number of nitrogens with zero attached hydrogens (tertiary/aromatic N) is 2. The molecule has 128 valence electrons. The van der Waals surface area contributed by atoms with Crippen molar-refractivity contribution < 1.29 is 0 Å². The van der Waals surface area contributed by atoms with Gasteiger partial charge in [-0.05, 0) is 37.1 Å². The molecular weight excluding hydrogens is 352 g/mol. The van der Waals surface area contributed by atoms with Crippen LogP contribution in [0.3, 0.4) is 0 Å². The van der Waals surface area contributed by atoms with E-state index in [2.05, 4.69) is 32.0 Å². The van der Waals surface area contributed by atoms with Crippen LogP contribution in [0.2, 0.25) is 5.02 Å². The molecule has 0 bridgehead atoms. The van der Waals surface area contributed by atoms with Crippen molar-refractivity contribution in [3.05, 3.63) is 97.1 Å². The molecule has 0 aliphatic heterocycles. The predicted octanol–water partition coefficient (Wildman–Crippen LogP) is 4.75. The van der Waals surface area contributed by atoms with Crippen LogP contribution in [0.1, 0.15) is 22.3 Å². The average molecular weight is 371 g/mol. The van der Waals surface area contributed by atoms with E-state index in [0.29, 0.717) is 22.8 Å². The van der Waals surface area contributed by atoms with E-state index in [1.807, 2.05) is 24.3 Å². The summed E-state index contributed by atoms with van der Waals surface area (Å²) < 4.78 is 3.79. The number of halogens is 1. The summed E-state index contributed by atoms with van der Waals surface area (Å²) >= 11 is 11.6. The van der Waals surface area contributed by atoms with Crippen LogP contribution in [0, 0.1) is 18.5 Å². The summed E-state index contributed by atoms with van der Waals surface area (Å²) in [7, 11) is 0. The van der Waals surface area contributed by atoms with Gasteiger partial charge in [0, 0.05) is 11.2 Å². The Bertz CT molecular complexity index is 1020. The first-order valence-electron chi connectivity index (χ1n) is 8.05. The summed E-state index contributed by atoms with van der Waals surface area (Å²) in [5.74, 6) is 0. The van der Waals surface area contributed by atoms with E-state index in [9.17, 15) is 4.79 Å². The fourth-order valence-corrected chi connectivity index (χ4v) is 3.37. The first-order chi connectivity index (χ1) is 11.9. The number of hydrogen-bond acceptors (Lipinski definition) is 2. The Kier molecular flexibility index (Phi) is 5.21. The maximum Gasteiger partial charge on any atom is 0.329 e. The van der Waals surface area contributed by atoms with Gasteiger partial charge in [0.1, 0.15) is 4.64 Å². The Morgan fingerprint density at radius 2 is 1.68 bits per heavy atom. The van der Waals surface area contributed by atoms with Crippen molar-refractivity contribution in [2.75, 3.05) is 0 Å². The molecule has 0 saturated heterocycles. The number of aromatic nitrogens is 2. The second-order valence-electron chi connectivity index (χ2n) is 6.24. The van der Waals surface area contributed by atoms with Gasteiger partial charge >= 0.3 is 5.69 Å². The quantitative estimate of drug-likeness (QED) is 0.620. The lowest BCUT2D eigenvalue weighted by Crippen LogP contribution is -2.31. The Morgan fingerprint density at radius 1 is 1.00 bits per heavy atom. The molecule has 1 heterocycles. The number of benzene rings is 2. The predicted molar refractivity (Wildman–Crippen MR) is 105 cm³/mol. The molecule has 3 nitrogen and oxygen atoms in total. The molecule has 0 unspecified atom stereocenters. The Hall–Kier alpha value is -2.17. The van der Waals surface area contributed by atoms with Crippen LogP contribution in [0.4, 0.5) is 0 Å². The average Bonchev–Trinajstić information content (AvgIpc) is 2.55. The third kappa shape index (κ3) is 4.09. The SMILES string of the molecule is Cc1cc(C)cc(Cn2c(=S)ccn(Cc3ccccc3Cl)c2=O)c1. The van der Waals surface area contributed by atoms with Crippen molar-refractivity contribution >= 4 is 23.8 Å². The molecular formula is C20H19ClN2OS. The minimum absolute atomic E-state index is 0.133. The van der Waals surface area contributed by atoms with Crippen molar-refractivity contribution in [1.29, 1.82) is 0 Å². The maximum absolute atomic E-state index is 12.9. The molecule has 0 amide bonds. The molecule has 0 spiro atoms. The van der Waals surface area contributed by atoms with Gasteiger partial charge in [0.25, 0.3) is 0 Å². The van der Waals surface area contributed by atoms with Crippen molar-refractivity contribution in [3.8, 4) is 0 Å². The first kappa shape index (κ1) is 17.6. The van der Waals surface area contributed by atoms with Gasteiger partial charge in [-0.3, -0.25) is 9.13 Å². The molecule has 0 aliphatic rings. The third-order valence-electron chi connectivity index (χ3n) is 4.06. The van der Waals surface area contributed by atoms with E-state index in [4.69, 9.17) is 23.8 Å². The zero-order chi connectivity index (χ0) is 18.0. The summed E-state index contributed by atoms with van der Waals surface area (Å²) in [6, 6.07) is 15.6. The van der Waals surface area contributed by atoms with Gasteiger partial charge in [0.15, 0.2) is 0 Å². The Balaban J connectivity index is 1.99. The van der Waals surface area contributed by atoms with E-state index in [0.717, 1.165) is 11.1 Å². The van der Waals surface area contributed by atoms with Crippen LogP contribution >= 0.6 is 23.8 Å². The summed E-state index contributed by atoms with van der Waals surface area (Å²) in [4.78, 5) is 12.9. The van der Waals surface area contributed by atoms with Crippen LogP contribution in [-0.2, 0) is 13.1 Å². The second-order valence-corrected chi connectivity index (χ2v) is 7.06. The number of hydrogen-bond donors (Lipinski definition) is 0. The van der Waals surface area contributed by atoms with Crippen LogP contribution < -0.4 is 5.69 Å². The molecule has 0 radical (unpaired) electrons. The van der Waals surface area contributed by atoms with Gasteiger partial charge in [-0.2, -0.15) is 0 Å². The molecule has 0 saturated carbocycles. The van der Waals surface area contributed by atoms with E-state index < -0.39 is 0 Å². The van der Waals surface area contributed by atoms with Crippen molar-refractivity contribution in [1.82, 2.24) is 9.13 Å². The van der Waals surface area contributed by atoms with E-state index in [1.54, 1.807) is 21.4 Å². The monoisotopic (exact) mass is 370 g/mol. The Labute approximate surface area is 157 Å². The van der Waals surface area contributed by atoms with Crippen LogP contribution in [0.15, 0.2) is 59.5 Å². The lowest BCUT2D eigenvalue weighted by Gasteiger charge is -2.13. The second kappa shape index (κ2) is 7.38. The van der Waals surface area contributed by atoms with Gasteiger partial charge < -0.3 is 0 Å². The van der Waals surface area contributed by atoms with Crippen molar-refractivity contribution in [2.45, 2.75) is 26.9 Å². The topological polar surface area (TPSA) is 26.9 Å². The van der Waals surface area contributed by atoms with Gasteiger partial charge in [-0.15, -0.1) is 0 Å². The molecule has 1 aromatic heterocycles. The summed E-state index contributed by atoms with van der Waals surface area (Å²) in [5, 5.41) is 0.651. The summed E-state index contributed by atoms with van der Waals surface area (Å²) in [6.45, 7) is 4.98. The van der Waals surface area contributed by atoms with Gasteiger partial charge in [0.05, 0.1) is 13.1 Å². The minimum atomic E-state index is -0.133. The van der Waals surface area contributed by atoms with Gasteiger partial charge in [-0.25, -0.2) is 4.79 Å². The Morgan fingerprint density at radius 3 is 2.36 bits per heavy atom. The summed E-state index contributed by atoms with van der Waals surface area (Å²) in [5.41, 5.74) is 4.19. The molecule has 3 aromatic rings. The molecule has 3 rings (SSSR count). The highest BCUT2D eigenvalue weighted by molar-refractivity contribution is 7.71. The smallest absolute Gasteiger partial charge is 0.296 e. The molecule has 0 fully saturated rings. The molecule has 0 N–H and O–H groups in total. The lowest BCUT2D eigenvalue weighted by atomic mass is 10.1. The first-order valence-corrected chi connectivity index (χ1v) is 8.83. The molecule has 0 atom stereocenters. The van der Waals surface area contributed by atoms with Crippen LogP contribution in [0.25, 0.3) is 0 Å². The van der Waals surface area contributed by atoms with Gasteiger partial charge in [0.2, 0.25) is 0 Å². The maximum atomic E-state index is 12.9. The lowest BCUT2D eigenvalue weighted by molar-refractivity contribution is 0.622. The van der Waals surface area contributed by atoms with Crippen molar-refractivity contribution in [2.24, 2.45) is 0 Å². The highest BCUT2D eigenvalue weighted by atomic mass is 35.5. The fourth-order valence-electron chi connectivity index (χ4n) is 2.98. The normalized spacial score (nSPS) is 10.8. The number of rotatable bonds is 4. The fraction of sp³-hybridized carbons (Fsp3) is 0.200. The highest BCUT2D eigenvalue weighted by Crippen LogP contribution is 2.15. The molecule has 0 aliphatic carbocycles. The standard InChI is InChI=1S/C20H19ClN2OS/c1-14-9-15(2)11-16(10-14)12-23-19(25)7-8-22(20(23)24)13-17-5-3-4-6-18(17)21/h3-11H,12-13H2,1-2H3. The van der Waals surface area contributed by atoms with E-state index in [-0.39, 0.29) is 5.69 Å². The van der Waals surface area contributed by atoms with Crippen LogP contribution in [0.5, 0.6) is 0 Å². The zero-order valence-electron chi connectivity index (χ0n) is 14.2. The number of aryl methyl sites for hydroxylation is 2. The third-order valence-corrected chi connectivity index (χ3v) is 4.79.